The first-order chi connectivity index (χ1) is 17.6. The monoisotopic (exact) mass is 506 g/mol. The Morgan fingerprint density at radius 3 is 2.38 bits per heavy atom. The molecule has 0 fully saturated rings. The van der Waals surface area contributed by atoms with E-state index in [-0.39, 0.29) is 35.5 Å². The molecule has 1 aromatic heterocycles. The van der Waals surface area contributed by atoms with Crippen molar-refractivity contribution in [2.45, 2.75) is 60.3 Å². The van der Waals surface area contributed by atoms with Crippen LogP contribution in [0.1, 0.15) is 60.3 Å². The fourth-order valence-corrected chi connectivity index (χ4v) is 4.54. The first kappa shape index (κ1) is 28.1. The zero-order valence-corrected chi connectivity index (χ0v) is 22.6. The van der Waals surface area contributed by atoms with Crippen molar-refractivity contribution in [3.05, 3.63) is 66.5 Å². The summed E-state index contributed by atoms with van der Waals surface area (Å²) >= 11 is 0. The first-order valence-electron chi connectivity index (χ1n) is 13.0. The molecule has 0 aliphatic heterocycles. The Hall–Kier alpha value is -3.48. The van der Waals surface area contributed by atoms with Crippen molar-refractivity contribution >= 4 is 17.6 Å². The van der Waals surface area contributed by atoms with Crippen LogP contribution in [0.3, 0.4) is 0 Å². The predicted octanol–water partition coefficient (Wildman–Crippen LogP) is 6.71. The van der Waals surface area contributed by atoms with E-state index < -0.39 is 0 Å². The lowest BCUT2D eigenvalue weighted by Gasteiger charge is -2.26. The number of nitrogens with one attached hydrogen (secondary N) is 1. The Labute approximate surface area is 219 Å². The number of anilines is 1. The van der Waals surface area contributed by atoms with E-state index in [1.807, 2.05) is 30.3 Å². The van der Waals surface area contributed by atoms with Gasteiger partial charge in [0.1, 0.15) is 11.6 Å². The van der Waals surface area contributed by atoms with Gasteiger partial charge in [-0.2, -0.15) is 5.10 Å². The number of aromatic nitrogens is 2. The fourth-order valence-electron chi connectivity index (χ4n) is 4.54. The van der Waals surface area contributed by atoms with Crippen LogP contribution in [0.4, 0.5) is 10.2 Å². The summed E-state index contributed by atoms with van der Waals surface area (Å²) < 4.78 is 15.1. The second kappa shape index (κ2) is 12.7. The number of unbranched alkanes of at least 4 members (excludes halogenated alkanes) is 1. The minimum absolute atomic E-state index is 0.00244. The van der Waals surface area contributed by atoms with Gasteiger partial charge in [0.25, 0.3) is 0 Å². The normalized spacial score (nSPS) is 12.3. The van der Waals surface area contributed by atoms with E-state index in [0.717, 1.165) is 24.8 Å². The standard InChI is InChI=1S/C30H39FN4O2/c1-6-7-17-34(29(37)18-22(2)20-30(3,4)5)21-28(36)32-27-19-26(23-11-9-8-10-12-23)33-35(27)25-15-13-24(31)14-16-25/h8-16,19,22H,6-7,17-18,20-21H2,1-5H3,(H,32,36)/t22-/m0/s1. The molecule has 198 valence electrons. The Kier molecular flexibility index (Phi) is 9.61. The molecule has 3 aromatic rings. The summed E-state index contributed by atoms with van der Waals surface area (Å²) in [7, 11) is 0. The minimum atomic E-state index is -0.351. The van der Waals surface area contributed by atoms with Gasteiger partial charge in [-0.25, -0.2) is 9.07 Å². The van der Waals surface area contributed by atoms with Gasteiger partial charge < -0.3 is 10.2 Å². The number of rotatable bonds is 11. The van der Waals surface area contributed by atoms with Crippen LogP contribution in [0.2, 0.25) is 0 Å². The molecule has 0 unspecified atom stereocenters. The van der Waals surface area contributed by atoms with Crippen LogP contribution in [-0.2, 0) is 9.59 Å². The Morgan fingerprint density at radius 2 is 1.76 bits per heavy atom. The molecule has 0 saturated carbocycles. The third-order valence-electron chi connectivity index (χ3n) is 6.07. The maximum Gasteiger partial charge on any atom is 0.245 e. The van der Waals surface area contributed by atoms with Crippen LogP contribution >= 0.6 is 0 Å². The molecule has 0 aliphatic carbocycles. The molecule has 7 heteroatoms. The maximum absolute atomic E-state index is 13.5. The number of carbonyl (C=O) groups is 2. The maximum atomic E-state index is 13.5. The largest absolute Gasteiger partial charge is 0.333 e. The van der Waals surface area contributed by atoms with Crippen molar-refractivity contribution in [2.24, 2.45) is 11.3 Å². The molecule has 2 amide bonds. The van der Waals surface area contributed by atoms with E-state index in [1.54, 1.807) is 27.8 Å². The smallest absolute Gasteiger partial charge is 0.245 e. The average molecular weight is 507 g/mol. The molecular weight excluding hydrogens is 467 g/mol. The van der Waals surface area contributed by atoms with Crippen molar-refractivity contribution in [1.29, 1.82) is 0 Å². The highest BCUT2D eigenvalue weighted by atomic mass is 19.1. The number of halogens is 1. The average Bonchev–Trinajstić information content (AvgIpc) is 3.25. The number of carbonyl (C=O) groups excluding carboxylic acids is 2. The lowest BCUT2D eigenvalue weighted by Crippen LogP contribution is -2.39. The van der Waals surface area contributed by atoms with Crippen molar-refractivity contribution in [3.63, 3.8) is 0 Å². The second-order valence-electron chi connectivity index (χ2n) is 11.0. The van der Waals surface area contributed by atoms with E-state index in [9.17, 15) is 14.0 Å². The molecule has 3 rings (SSSR count). The van der Waals surface area contributed by atoms with Crippen LogP contribution in [0, 0.1) is 17.2 Å². The molecule has 1 heterocycles. The summed E-state index contributed by atoms with van der Waals surface area (Å²) in [4.78, 5) is 28.0. The molecule has 0 bridgehead atoms. The summed E-state index contributed by atoms with van der Waals surface area (Å²) in [5.41, 5.74) is 2.33. The highest BCUT2D eigenvalue weighted by molar-refractivity contribution is 5.94. The van der Waals surface area contributed by atoms with E-state index in [0.29, 0.717) is 30.2 Å². The summed E-state index contributed by atoms with van der Waals surface area (Å²) in [5.74, 6) is 0.0381. The first-order valence-corrected chi connectivity index (χ1v) is 13.0. The summed E-state index contributed by atoms with van der Waals surface area (Å²) in [6, 6.07) is 17.4. The van der Waals surface area contributed by atoms with E-state index >= 15 is 0 Å². The SMILES string of the molecule is CCCCN(CC(=O)Nc1cc(-c2ccccc2)nn1-c1ccc(F)cc1)C(=O)C[C@H](C)CC(C)(C)C. The fraction of sp³-hybridized carbons (Fsp3) is 0.433. The van der Waals surface area contributed by atoms with Gasteiger partial charge in [-0.15, -0.1) is 0 Å². The third-order valence-corrected chi connectivity index (χ3v) is 6.07. The second-order valence-corrected chi connectivity index (χ2v) is 11.0. The summed E-state index contributed by atoms with van der Waals surface area (Å²) in [6.07, 6.45) is 3.12. The molecule has 37 heavy (non-hydrogen) atoms. The van der Waals surface area contributed by atoms with E-state index in [1.165, 1.54) is 12.1 Å². The van der Waals surface area contributed by atoms with Crippen molar-refractivity contribution in [2.75, 3.05) is 18.4 Å². The van der Waals surface area contributed by atoms with Gasteiger partial charge in [0.15, 0.2) is 0 Å². The molecule has 0 aliphatic rings. The number of hydrogen-bond acceptors (Lipinski definition) is 3. The van der Waals surface area contributed by atoms with Gasteiger partial charge in [0, 0.05) is 24.6 Å². The highest BCUT2D eigenvalue weighted by Gasteiger charge is 2.23. The van der Waals surface area contributed by atoms with Crippen LogP contribution in [0.25, 0.3) is 16.9 Å². The van der Waals surface area contributed by atoms with Crippen LogP contribution in [-0.4, -0.2) is 39.6 Å². The predicted molar refractivity (Wildman–Crippen MR) is 147 cm³/mol. The van der Waals surface area contributed by atoms with E-state index in [2.05, 4.69) is 45.0 Å². The summed E-state index contributed by atoms with van der Waals surface area (Å²) in [5, 5.41) is 7.61. The van der Waals surface area contributed by atoms with E-state index in [4.69, 9.17) is 0 Å². The Morgan fingerprint density at radius 1 is 1.08 bits per heavy atom. The highest BCUT2D eigenvalue weighted by Crippen LogP contribution is 2.27. The molecule has 0 saturated heterocycles. The zero-order chi connectivity index (χ0) is 27.0. The lowest BCUT2D eigenvalue weighted by atomic mass is 9.84. The Balaban J connectivity index is 1.80. The van der Waals surface area contributed by atoms with Crippen LogP contribution in [0.15, 0.2) is 60.7 Å². The molecule has 6 nitrogen and oxygen atoms in total. The molecule has 1 atom stereocenters. The molecule has 1 N–H and O–H groups in total. The van der Waals surface area contributed by atoms with Crippen molar-refractivity contribution < 1.29 is 14.0 Å². The van der Waals surface area contributed by atoms with Crippen LogP contribution in [0.5, 0.6) is 0 Å². The zero-order valence-electron chi connectivity index (χ0n) is 22.6. The van der Waals surface area contributed by atoms with Gasteiger partial charge in [-0.1, -0.05) is 71.4 Å². The van der Waals surface area contributed by atoms with Gasteiger partial charge in [-0.3, -0.25) is 9.59 Å². The topological polar surface area (TPSA) is 67.2 Å². The van der Waals surface area contributed by atoms with Crippen molar-refractivity contribution in [3.8, 4) is 16.9 Å². The number of nitrogens with zero attached hydrogens (tertiary/aromatic N) is 3. The van der Waals surface area contributed by atoms with Gasteiger partial charge in [0.2, 0.25) is 11.8 Å². The Bertz CT molecular complexity index is 1170. The van der Waals surface area contributed by atoms with Gasteiger partial charge in [0.05, 0.1) is 17.9 Å². The number of benzene rings is 2. The van der Waals surface area contributed by atoms with Gasteiger partial charge >= 0.3 is 0 Å². The lowest BCUT2D eigenvalue weighted by molar-refractivity contribution is -0.135. The number of amides is 2. The minimum Gasteiger partial charge on any atom is -0.333 e. The molecule has 0 spiro atoms. The molecule has 2 aromatic carbocycles. The third kappa shape index (κ3) is 8.55. The summed E-state index contributed by atoms with van der Waals surface area (Å²) in [6.45, 7) is 11.2. The van der Waals surface area contributed by atoms with Gasteiger partial charge in [-0.05, 0) is 48.4 Å². The number of hydrogen-bond donors (Lipinski definition) is 1. The van der Waals surface area contributed by atoms with Crippen molar-refractivity contribution in [1.82, 2.24) is 14.7 Å². The molecular formula is C30H39FN4O2. The van der Waals surface area contributed by atoms with Crippen LogP contribution < -0.4 is 5.32 Å². The molecule has 0 radical (unpaired) electrons. The quantitative estimate of drug-likeness (QED) is 0.314.